The summed E-state index contributed by atoms with van der Waals surface area (Å²) in [5.41, 5.74) is 3.01. The van der Waals surface area contributed by atoms with Gasteiger partial charge >= 0.3 is 0 Å². The van der Waals surface area contributed by atoms with E-state index in [1.54, 1.807) is 19.1 Å². The zero-order chi connectivity index (χ0) is 19.4. The molecular weight excluding hydrogens is 366 g/mol. The quantitative estimate of drug-likeness (QED) is 0.781. The number of nitrogens with one attached hydrogen (secondary N) is 1. The van der Waals surface area contributed by atoms with Gasteiger partial charge in [-0.1, -0.05) is 23.7 Å². The van der Waals surface area contributed by atoms with E-state index < -0.39 is 6.10 Å². The molecule has 0 aromatic heterocycles. The van der Waals surface area contributed by atoms with Crippen LogP contribution in [-0.2, 0) is 17.6 Å². The number of ether oxygens (including phenoxy) is 3. The molecule has 0 bridgehead atoms. The summed E-state index contributed by atoms with van der Waals surface area (Å²) in [6.07, 6.45) is 3.74. The lowest BCUT2D eigenvalue weighted by Gasteiger charge is -2.22. The van der Waals surface area contributed by atoms with Gasteiger partial charge in [0.25, 0.3) is 5.91 Å². The van der Waals surface area contributed by atoms with Crippen molar-refractivity contribution in [3.8, 4) is 17.2 Å². The Morgan fingerprint density at radius 3 is 2.56 bits per heavy atom. The number of fused-ring (bicyclic) bond motifs is 1. The number of hydrogen-bond donors (Lipinski definition) is 1. The zero-order valence-corrected chi connectivity index (χ0v) is 16.6. The minimum absolute atomic E-state index is 0.272. The highest BCUT2D eigenvalue weighted by atomic mass is 35.5. The van der Waals surface area contributed by atoms with Gasteiger partial charge in [0.15, 0.2) is 6.10 Å². The molecule has 5 nitrogen and oxygen atoms in total. The van der Waals surface area contributed by atoms with Crippen LogP contribution in [0.3, 0.4) is 0 Å². The van der Waals surface area contributed by atoms with Crippen LogP contribution in [0.5, 0.6) is 17.2 Å². The molecule has 1 atom stereocenters. The van der Waals surface area contributed by atoms with E-state index in [9.17, 15) is 4.79 Å². The molecule has 1 aliphatic rings. The van der Waals surface area contributed by atoms with Crippen molar-refractivity contribution < 1.29 is 19.0 Å². The van der Waals surface area contributed by atoms with Crippen LogP contribution < -0.4 is 19.5 Å². The van der Waals surface area contributed by atoms with Gasteiger partial charge in [-0.25, -0.2) is 0 Å². The first-order chi connectivity index (χ1) is 13.0. The smallest absolute Gasteiger partial charge is 0.265 e. The van der Waals surface area contributed by atoms with Gasteiger partial charge in [0.05, 0.1) is 24.9 Å². The second-order valence-corrected chi connectivity index (χ2v) is 6.94. The summed E-state index contributed by atoms with van der Waals surface area (Å²) in [7, 11) is 3.04. The van der Waals surface area contributed by atoms with Gasteiger partial charge < -0.3 is 19.5 Å². The first-order valence-electron chi connectivity index (χ1n) is 9.03. The number of halogens is 1. The van der Waals surface area contributed by atoms with E-state index >= 15 is 0 Å². The Labute approximate surface area is 164 Å². The molecule has 0 fully saturated rings. The lowest BCUT2D eigenvalue weighted by atomic mass is 9.91. The molecule has 1 N–H and O–H groups in total. The molecule has 0 heterocycles. The standard InChI is InChI=1S/C21H24ClNO4/c1-13(27-18-10-6-8-14-7-4-5-9-15(14)18)21(24)23-17-12-19(25-2)16(22)11-20(17)26-3/h6,8,10-13H,4-5,7,9H2,1-3H3,(H,23,24)/t13-/m0/s1. The van der Waals surface area contributed by atoms with Crippen molar-refractivity contribution in [2.45, 2.75) is 38.7 Å². The maximum Gasteiger partial charge on any atom is 0.265 e. The van der Waals surface area contributed by atoms with Crippen LogP contribution in [0.2, 0.25) is 5.02 Å². The third-order valence-corrected chi connectivity index (χ3v) is 5.05. The fourth-order valence-electron chi connectivity index (χ4n) is 3.29. The summed E-state index contributed by atoms with van der Waals surface area (Å²) in [5, 5.41) is 3.25. The molecule has 2 aromatic carbocycles. The highest BCUT2D eigenvalue weighted by molar-refractivity contribution is 6.32. The lowest BCUT2D eigenvalue weighted by Crippen LogP contribution is -2.30. The van der Waals surface area contributed by atoms with E-state index in [1.807, 2.05) is 12.1 Å². The number of hydrogen-bond acceptors (Lipinski definition) is 4. The van der Waals surface area contributed by atoms with Crippen molar-refractivity contribution in [3.63, 3.8) is 0 Å². The van der Waals surface area contributed by atoms with E-state index in [1.165, 1.54) is 31.8 Å². The molecule has 3 rings (SSSR count). The number of aryl methyl sites for hydroxylation is 1. The zero-order valence-electron chi connectivity index (χ0n) is 15.8. The number of rotatable bonds is 6. The predicted molar refractivity (Wildman–Crippen MR) is 106 cm³/mol. The number of carbonyl (C=O) groups excluding carboxylic acids is 1. The fraction of sp³-hybridized carbons (Fsp3) is 0.381. The number of benzene rings is 2. The molecule has 144 valence electrons. The Balaban J connectivity index is 1.75. The Morgan fingerprint density at radius 1 is 1.07 bits per heavy atom. The number of methoxy groups -OCH3 is 2. The summed E-state index contributed by atoms with van der Waals surface area (Å²) < 4.78 is 16.5. The molecule has 6 heteroatoms. The maximum atomic E-state index is 12.7. The van der Waals surface area contributed by atoms with E-state index in [0.717, 1.165) is 25.0 Å². The molecule has 0 aliphatic heterocycles. The van der Waals surface area contributed by atoms with E-state index in [4.69, 9.17) is 25.8 Å². The Morgan fingerprint density at radius 2 is 1.81 bits per heavy atom. The predicted octanol–water partition coefficient (Wildman–Crippen LogP) is 4.64. The Kier molecular flexibility index (Phi) is 6.11. The molecule has 27 heavy (non-hydrogen) atoms. The molecular formula is C21H24ClNO4. The SMILES string of the molecule is COc1cc(NC(=O)[C@H](C)Oc2cccc3c2CCCC3)c(OC)cc1Cl. The number of carbonyl (C=O) groups is 1. The average molecular weight is 390 g/mol. The van der Waals surface area contributed by atoms with Crippen molar-refractivity contribution in [1.82, 2.24) is 0 Å². The molecule has 1 amide bonds. The van der Waals surface area contributed by atoms with Crippen LogP contribution in [0, 0.1) is 0 Å². The van der Waals surface area contributed by atoms with E-state index in [0.29, 0.717) is 22.2 Å². The second kappa shape index (κ2) is 8.53. The normalized spacial score (nSPS) is 14.1. The summed E-state index contributed by atoms with van der Waals surface area (Å²) in [6.45, 7) is 1.73. The first-order valence-corrected chi connectivity index (χ1v) is 9.41. The molecule has 0 unspecified atom stereocenters. The van der Waals surface area contributed by atoms with Crippen molar-refractivity contribution in [3.05, 3.63) is 46.5 Å². The third kappa shape index (κ3) is 4.30. The average Bonchev–Trinajstić information content (AvgIpc) is 2.69. The van der Waals surface area contributed by atoms with Crippen molar-refractivity contribution in [2.75, 3.05) is 19.5 Å². The van der Waals surface area contributed by atoms with Gasteiger partial charge in [-0.05, 0) is 49.8 Å². The fourth-order valence-corrected chi connectivity index (χ4v) is 3.52. The number of anilines is 1. The van der Waals surface area contributed by atoms with Gasteiger partial charge in [-0.2, -0.15) is 0 Å². The highest BCUT2D eigenvalue weighted by Gasteiger charge is 2.21. The highest BCUT2D eigenvalue weighted by Crippen LogP contribution is 2.36. The third-order valence-electron chi connectivity index (χ3n) is 4.76. The largest absolute Gasteiger partial charge is 0.495 e. The molecule has 0 saturated heterocycles. The van der Waals surface area contributed by atoms with Gasteiger partial charge in [0, 0.05) is 12.1 Å². The topological polar surface area (TPSA) is 56.8 Å². The number of amides is 1. The molecule has 2 aromatic rings. The van der Waals surface area contributed by atoms with Crippen LogP contribution in [0.15, 0.2) is 30.3 Å². The minimum Gasteiger partial charge on any atom is -0.495 e. The van der Waals surface area contributed by atoms with Crippen LogP contribution in [0.25, 0.3) is 0 Å². The van der Waals surface area contributed by atoms with Gasteiger partial charge in [-0.3, -0.25) is 4.79 Å². The summed E-state index contributed by atoms with van der Waals surface area (Å²) >= 11 is 6.11. The Bertz CT molecular complexity index is 837. The van der Waals surface area contributed by atoms with Gasteiger partial charge in [-0.15, -0.1) is 0 Å². The van der Waals surface area contributed by atoms with Crippen LogP contribution in [0.4, 0.5) is 5.69 Å². The first kappa shape index (κ1) is 19.4. The Hall–Kier alpha value is -2.40. The maximum absolute atomic E-state index is 12.7. The van der Waals surface area contributed by atoms with Crippen molar-refractivity contribution in [2.24, 2.45) is 0 Å². The molecule has 1 aliphatic carbocycles. The molecule has 0 radical (unpaired) electrons. The monoisotopic (exact) mass is 389 g/mol. The lowest BCUT2D eigenvalue weighted by molar-refractivity contribution is -0.122. The molecule has 0 spiro atoms. The minimum atomic E-state index is -0.662. The van der Waals surface area contributed by atoms with E-state index in [-0.39, 0.29) is 5.91 Å². The second-order valence-electron chi connectivity index (χ2n) is 6.54. The van der Waals surface area contributed by atoms with E-state index in [2.05, 4.69) is 11.4 Å². The van der Waals surface area contributed by atoms with Crippen molar-refractivity contribution >= 4 is 23.2 Å². The summed E-state index contributed by atoms with van der Waals surface area (Å²) in [4.78, 5) is 12.7. The van der Waals surface area contributed by atoms with Crippen LogP contribution in [-0.4, -0.2) is 26.2 Å². The molecule has 0 saturated carbocycles. The summed E-state index contributed by atoms with van der Waals surface area (Å²) in [5.74, 6) is 1.43. The van der Waals surface area contributed by atoms with Crippen molar-refractivity contribution in [1.29, 1.82) is 0 Å². The van der Waals surface area contributed by atoms with Crippen LogP contribution in [0.1, 0.15) is 30.9 Å². The van der Waals surface area contributed by atoms with Gasteiger partial charge in [0.2, 0.25) is 0 Å². The van der Waals surface area contributed by atoms with Crippen LogP contribution >= 0.6 is 11.6 Å². The summed E-state index contributed by atoms with van der Waals surface area (Å²) in [6, 6.07) is 9.29. The van der Waals surface area contributed by atoms with Gasteiger partial charge in [0.1, 0.15) is 17.2 Å².